The minimum atomic E-state index is -0.164. The highest BCUT2D eigenvalue weighted by molar-refractivity contribution is 9.09. The van der Waals surface area contributed by atoms with Crippen LogP contribution in [0.5, 0.6) is 0 Å². The molecule has 0 unspecified atom stereocenters. The van der Waals surface area contributed by atoms with Crippen molar-refractivity contribution >= 4 is 33.3 Å². The van der Waals surface area contributed by atoms with Gasteiger partial charge in [-0.15, -0.1) is 0 Å². The zero-order valence-electron chi connectivity index (χ0n) is 8.21. The Balaban J connectivity index is 2.44. The zero-order valence-corrected chi connectivity index (χ0v) is 9.80. The molecule has 4 heteroatoms. The Morgan fingerprint density at radius 3 is 2.93 bits per heavy atom. The molecule has 0 bridgehead atoms. The second-order valence-corrected chi connectivity index (χ2v) is 4.13. The monoisotopic (exact) mass is 267 g/mol. The molecule has 1 aromatic rings. The summed E-state index contributed by atoms with van der Waals surface area (Å²) in [6, 6.07) is 5.31. The molecule has 1 heterocycles. The number of rotatable bonds is 2. The third-order valence-corrected chi connectivity index (χ3v) is 3.12. The van der Waals surface area contributed by atoms with Crippen LogP contribution in [-0.4, -0.2) is 17.0 Å². The topological polar surface area (TPSA) is 46.2 Å². The van der Waals surface area contributed by atoms with Crippen molar-refractivity contribution in [3.05, 3.63) is 29.3 Å². The summed E-state index contributed by atoms with van der Waals surface area (Å²) in [5, 5.41) is 3.08. The Hall–Kier alpha value is -1.16. The standard InChI is InChI=1S/C11H10BrNO2/c1-6-8-4-7(10(14)5-12)2-3-9(8)13-11(6)15/h2-4,6H,5H2,1H3,(H,13,15)/t6-/m0/s1. The van der Waals surface area contributed by atoms with Crippen molar-refractivity contribution in [1.82, 2.24) is 0 Å². The summed E-state index contributed by atoms with van der Waals surface area (Å²) in [4.78, 5) is 22.8. The van der Waals surface area contributed by atoms with Crippen LogP contribution in [0.2, 0.25) is 0 Å². The molecule has 1 N–H and O–H groups in total. The number of nitrogens with one attached hydrogen (secondary N) is 1. The number of ketones is 1. The Labute approximate surface area is 96.0 Å². The molecule has 78 valence electrons. The first-order valence-electron chi connectivity index (χ1n) is 4.67. The molecular formula is C11H10BrNO2. The fraction of sp³-hybridized carbons (Fsp3) is 0.273. The number of halogens is 1. The van der Waals surface area contributed by atoms with E-state index in [0.29, 0.717) is 10.9 Å². The van der Waals surface area contributed by atoms with Crippen molar-refractivity contribution in [2.45, 2.75) is 12.8 Å². The molecule has 0 aromatic heterocycles. The van der Waals surface area contributed by atoms with Crippen molar-refractivity contribution in [3.63, 3.8) is 0 Å². The summed E-state index contributed by atoms with van der Waals surface area (Å²) in [5.41, 5.74) is 2.37. The van der Waals surface area contributed by atoms with Crippen LogP contribution in [-0.2, 0) is 4.79 Å². The second kappa shape index (κ2) is 3.77. The van der Waals surface area contributed by atoms with E-state index in [4.69, 9.17) is 0 Å². The van der Waals surface area contributed by atoms with E-state index in [2.05, 4.69) is 21.2 Å². The molecule has 1 aliphatic heterocycles. The third-order valence-electron chi connectivity index (χ3n) is 2.61. The molecule has 1 aromatic carbocycles. The third kappa shape index (κ3) is 1.69. The number of Topliss-reactive ketones (excluding diaryl/α,β-unsaturated/α-hetero) is 1. The fourth-order valence-electron chi connectivity index (χ4n) is 1.67. The summed E-state index contributed by atoms with van der Waals surface area (Å²) in [6.45, 7) is 1.84. The highest BCUT2D eigenvalue weighted by atomic mass is 79.9. The quantitative estimate of drug-likeness (QED) is 0.661. The smallest absolute Gasteiger partial charge is 0.231 e. The van der Waals surface area contributed by atoms with Gasteiger partial charge in [0.25, 0.3) is 0 Å². The van der Waals surface area contributed by atoms with Gasteiger partial charge in [-0.3, -0.25) is 9.59 Å². The number of hydrogen-bond donors (Lipinski definition) is 1. The molecule has 1 amide bonds. The van der Waals surface area contributed by atoms with Gasteiger partial charge in [0, 0.05) is 11.3 Å². The lowest BCUT2D eigenvalue weighted by Gasteiger charge is -2.03. The minimum Gasteiger partial charge on any atom is -0.325 e. The highest BCUT2D eigenvalue weighted by Crippen LogP contribution is 2.32. The first-order chi connectivity index (χ1) is 7.13. The second-order valence-electron chi connectivity index (χ2n) is 3.57. The van der Waals surface area contributed by atoms with Crippen molar-refractivity contribution < 1.29 is 9.59 Å². The number of fused-ring (bicyclic) bond motifs is 1. The van der Waals surface area contributed by atoms with Crippen LogP contribution < -0.4 is 5.32 Å². The molecule has 15 heavy (non-hydrogen) atoms. The van der Waals surface area contributed by atoms with Gasteiger partial charge in [-0.2, -0.15) is 0 Å². The van der Waals surface area contributed by atoms with E-state index >= 15 is 0 Å². The zero-order chi connectivity index (χ0) is 11.0. The molecule has 0 fully saturated rings. The Bertz CT molecular complexity index is 442. The summed E-state index contributed by atoms with van der Waals surface area (Å²) in [5.74, 6) is -0.138. The number of benzene rings is 1. The maximum atomic E-state index is 11.4. The molecule has 1 atom stereocenters. The van der Waals surface area contributed by atoms with Gasteiger partial charge in [-0.05, 0) is 30.7 Å². The Kier molecular flexibility index (Phi) is 2.61. The maximum absolute atomic E-state index is 11.4. The average molecular weight is 268 g/mol. The van der Waals surface area contributed by atoms with Gasteiger partial charge in [0.05, 0.1) is 11.2 Å². The lowest BCUT2D eigenvalue weighted by Crippen LogP contribution is -2.08. The van der Waals surface area contributed by atoms with E-state index in [1.165, 1.54) is 0 Å². The van der Waals surface area contributed by atoms with Crippen molar-refractivity contribution in [1.29, 1.82) is 0 Å². The van der Waals surface area contributed by atoms with Crippen LogP contribution in [0.3, 0.4) is 0 Å². The minimum absolute atomic E-state index is 0.00607. The molecule has 2 rings (SSSR count). The molecule has 0 saturated carbocycles. The van der Waals surface area contributed by atoms with Crippen LogP contribution in [0.25, 0.3) is 0 Å². The number of amides is 1. The summed E-state index contributed by atoms with van der Waals surface area (Å²) in [7, 11) is 0. The molecule has 3 nitrogen and oxygen atoms in total. The lowest BCUT2D eigenvalue weighted by atomic mass is 9.99. The first-order valence-corrected chi connectivity index (χ1v) is 5.79. The van der Waals surface area contributed by atoms with Crippen LogP contribution in [0.4, 0.5) is 5.69 Å². The molecule has 0 aliphatic carbocycles. The first kappa shape index (κ1) is 10.4. The maximum Gasteiger partial charge on any atom is 0.231 e. The predicted octanol–water partition coefficient (Wildman–Crippen LogP) is 2.32. The van der Waals surface area contributed by atoms with Crippen LogP contribution in [0.1, 0.15) is 28.8 Å². The molecule has 1 aliphatic rings. The van der Waals surface area contributed by atoms with E-state index < -0.39 is 0 Å². The number of hydrogen-bond acceptors (Lipinski definition) is 2. The highest BCUT2D eigenvalue weighted by Gasteiger charge is 2.26. The molecular weight excluding hydrogens is 258 g/mol. The normalized spacial score (nSPS) is 18.5. The van der Waals surface area contributed by atoms with Crippen LogP contribution in [0, 0.1) is 0 Å². The van der Waals surface area contributed by atoms with Gasteiger partial charge in [0.2, 0.25) is 5.91 Å². The van der Waals surface area contributed by atoms with E-state index in [-0.39, 0.29) is 17.6 Å². The van der Waals surface area contributed by atoms with Gasteiger partial charge in [0.1, 0.15) is 0 Å². The fourth-order valence-corrected chi connectivity index (χ4v) is 1.99. The Morgan fingerprint density at radius 1 is 1.53 bits per heavy atom. The van der Waals surface area contributed by atoms with E-state index in [0.717, 1.165) is 11.3 Å². The van der Waals surface area contributed by atoms with Gasteiger partial charge in [0.15, 0.2) is 5.78 Å². The van der Waals surface area contributed by atoms with Crippen molar-refractivity contribution in [2.24, 2.45) is 0 Å². The summed E-state index contributed by atoms with van der Waals surface area (Å²) >= 11 is 3.13. The largest absolute Gasteiger partial charge is 0.325 e. The number of anilines is 1. The van der Waals surface area contributed by atoms with Crippen molar-refractivity contribution in [3.8, 4) is 0 Å². The SMILES string of the molecule is C[C@@H]1C(=O)Nc2ccc(C(=O)CBr)cc21. The van der Waals surface area contributed by atoms with Crippen LogP contribution >= 0.6 is 15.9 Å². The lowest BCUT2D eigenvalue weighted by molar-refractivity contribution is -0.116. The van der Waals surface area contributed by atoms with Gasteiger partial charge >= 0.3 is 0 Å². The van der Waals surface area contributed by atoms with Crippen LogP contribution in [0.15, 0.2) is 18.2 Å². The van der Waals surface area contributed by atoms with E-state index in [9.17, 15) is 9.59 Å². The van der Waals surface area contributed by atoms with E-state index in [1.807, 2.05) is 6.92 Å². The number of carbonyl (C=O) groups excluding carboxylic acids is 2. The van der Waals surface area contributed by atoms with Crippen molar-refractivity contribution in [2.75, 3.05) is 10.6 Å². The van der Waals surface area contributed by atoms with Gasteiger partial charge in [-0.1, -0.05) is 15.9 Å². The molecule has 0 saturated heterocycles. The van der Waals surface area contributed by atoms with Gasteiger partial charge in [-0.25, -0.2) is 0 Å². The summed E-state index contributed by atoms with van der Waals surface area (Å²) in [6.07, 6.45) is 0. The molecule has 0 radical (unpaired) electrons. The molecule has 0 spiro atoms. The summed E-state index contributed by atoms with van der Waals surface area (Å²) < 4.78 is 0. The number of alkyl halides is 1. The van der Waals surface area contributed by atoms with E-state index in [1.54, 1.807) is 18.2 Å². The average Bonchev–Trinajstić information content (AvgIpc) is 2.54. The van der Waals surface area contributed by atoms with Gasteiger partial charge < -0.3 is 5.32 Å². The predicted molar refractivity (Wildman–Crippen MR) is 61.6 cm³/mol. The number of carbonyl (C=O) groups is 2. The Morgan fingerprint density at radius 2 is 2.27 bits per heavy atom.